The van der Waals surface area contributed by atoms with Crippen LogP contribution in [0.1, 0.15) is 25.7 Å². The Morgan fingerprint density at radius 1 is 1.24 bits per heavy atom. The lowest BCUT2D eigenvalue weighted by atomic mass is 9.96. The average Bonchev–Trinajstić information content (AvgIpc) is 2.53. The first kappa shape index (κ1) is 16.2. The van der Waals surface area contributed by atoms with E-state index in [2.05, 4.69) is 15.5 Å². The van der Waals surface area contributed by atoms with Crippen molar-refractivity contribution in [2.75, 3.05) is 46.4 Å². The lowest BCUT2D eigenvalue weighted by Crippen LogP contribution is -2.45. The number of ether oxygens (including phenoxy) is 1. The van der Waals surface area contributed by atoms with Gasteiger partial charge in [-0.2, -0.15) is 0 Å². The van der Waals surface area contributed by atoms with Crippen molar-refractivity contribution in [1.82, 2.24) is 15.5 Å². The summed E-state index contributed by atoms with van der Waals surface area (Å²) < 4.78 is 5.28. The van der Waals surface area contributed by atoms with Crippen LogP contribution in [0.3, 0.4) is 0 Å². The standard InChI is InChI=1S/C15H27N3O3/c1-16-14(19)11-18-6-2-3-12(10-18)9-17-15(20)13-4-7-21-8-5-13/h12-13H,2-11H2,1H3,(H,16,19)(H,17,20). The van der Waals surface area contributed by atoms with E-state index in [1.54, 1.807) is 7.05 Å². The zero-order chi connectivity index (χ0) is 15.1. The van der Waals surface area contributed by atoms with E-state index in [4.69, 9.17) is 4.74 Å². The molecule has 2 fully saturated rings. The van der Waals surface area contributed by atoms with Gasteiger partial charge in [0.2, 0.25) is 11.8 Å². The van der Waals surface area contributed by atoms with E-state index >= 15 is 0 Å². The second-order valence-electron chi connectivity index (χ2n) is 6.05. The second kappa shape index (κ2) is 8.34. The van der Waals surface area contributed by atoms with E-state index in [0.29, 0.717) is 25.7 Å². The summed E-state index contributed by atoms with van der Waals surface area (Å²) in [6.45, 7) is 4.43. The number of amides is 2. The Morgan fingerprint density at radius 3 is 2.71 bits per heavy atom. The first-order chi connectivity index (χ1) is 10.2. The van der Waals surface area contributed by atoms with Crippen molar-refractivity contribution < 1.29 is 14.3 Å². The van der Waals surface area contributed by atoms with Crippen molar-refractivity contribution in [1.29, 1.82) is 0 Å². The molecule has 0 aromatic heterocycles. The van der Waals surface area contributed by atoms with Gasteiger partial charge in [-0.25, -0.2) is 0 Å². The fourth-order valence-corrected chi connectivity index (χ4v) is 3.09. The first-order valence-electron chi connectivity index (χ1n) is 7.97. The first-order valence-corrected chi connectivity index (χ1v) is 7.97. The Labute approximate surface area is 126 Å². The van der Waals surface area contributed by atoms with Crippen LogP contribution < -0.4 is 10.6 Å². The highest BCUT2D eigenvalue weighted by atomic mass is 16.5. The van der Waals surface area contributed by atoms with Crippen LogP contribution in [0.2, 0.25) is 0 Å². The maximum Gasteiger partial charge on any atom is 0.233 e. The minimum Gasteiger partial charge on any atom is -0.381 e. The molecule has 0 aromatic carbocycles. The summed E-state index contributed by atoms with van der Waals surface area (Å²) in [6.07, 6.45) is 3.88. The number of nitrogens with one attached hydrogen (secondary N) is 2. The zero-order valence-corrected chi connectivity index (χ0v) is 12.9. The summed E-state index contributed by atoms with van der Waals surface area (Å²) in [4.78, 5) is 25.7. The summed E-state index contributed by atoms with van der Waals surface area (Å²) in [5.74, 6) is 0.792. The lowest BCUT2D eigenvalue weighted by Gasteiger charge is -2.32. The van der Waals surface area contributed by atoms with Crippen LogP contribution in [0.4, 0.5) is 0 Å². The van der Waals surface area contributed by atoms with Crippen LogP contribution in [-0.4, -0.2) is 63.2 Å². The molecule has 1 unspecified atom stereocenters. The maximum atomic E-state index is 12.1. The molecule has 21 heavy (non-hydrogen) atoms. The number of piperidine rings is 1. The summed E-state index contributed by atoms with van der Waals surface area (Å²) >= 11 is 0. The Kier molecular flexibility index (Phi) is 6.45. The van der Waals surface area contributed by atoms with Gasteiger partial charge >= 0.3 is 0 Å². The largest absolute Gasteiger partial charge is 0.381 e. The second-order valence-corrected chi connectivity index (χ2v) is 6.05. The van der Waals surface area contributed by atoms with Gasteiger partial charge in [0.1, 0.15) is 0 Å². The minimum absolute atomic E-state index is 0.0573. The van der Waals surface area contributed by atoms with Gasteiger partial charge in [-0.15, -0.1) is 0 Å². The van der Waals surface area contributed by atoms with Gasteiger partial charge in [0, 0.05) is 39.3 Å². The molecule has 2 aliphatic heterocycles. The minimum atomic E-state index is 0.0573. The fraction of sp³-hybridized carbons (Fsp3) is 0.867. The number of carbonyl (C=O) groups is 2. The molecule has 6 heteroatoms. The van der Waals surface area contributed by atoms with Gasteiger partial charge in [0.15, 0.2) is 0 Å². The molecule has 2 rings (SSSR count). The smallest absolute Gasteiger partial charge is 0.233 e. The molecule has 0 aromatic rings. The van der Waals surface area contributed by atoms with Crippen molar-refractivity contribution in [2.45, 2.75) is 25.7 Å². The third-order valence-electron chi connectivity index (χ3n) is 4.41. The number of hydrogen-bond donors (Lipinski definition) is 2. The van der Waals surface area contributed by atoms with E-state index in [0.717, 1.165) is 45.3 Å². The molecular weight excluding hydrogens is 270 g/mol. The van der Waals surface area contributed by atoms with Gasteiger partial charge in [-0.05, 0) is 38.1 Å². The average molecular weight is 297 g/mol. The van der Waals surface area contributed by atoms with Crippen molar-refractivity contribution >= 4 is 11.8 Å². The van der Waals surface area contributed by atoms with E-state index in [-0.39, 0.29) is 17.7 Å². The predicted molar refractivity (Wildman–Crippen MR) is 79.8 cm³/mol. The molecule has 0 aliphatic carbocycles. The van der Waals surface area contributed by atoms with Crippen LogP contribution in [0.5, 0.6) is 0 Å². The molecule has 2 aliphatic rings. The highest BCUT2D eigenvalue weighted by molar-refractivity contribution is 5.78. The third kappa shape index (κ3) is 5.28. The Morgan fingerprint density at radius 2 is 2.00 bits per heavy atom. The molecule has 0 bridgehead atoms. The van der Waals surface area contributed by atoms with Crippen LogP contribution in [0, 0.1) is 11.8 Å². The van der Waals surface area contributed by atoms with Crippen molar-refractivity contribution in [3.05, 3.63) is 0 Å². The highest BCUT2D eigenvalue weighted by Crippen LogP contribution is 2.17. The number of carbonyl (C=O) groups excluding carboxylic acids is 2. The normalized spacial score (nSPS) is 24.5. The monoisotopic (exact) mass is 297 g/mol. The molecule has 0 saturated carbocycles. The van der Waals surface area contributed by atoms with Gasteiger partial charge in [-0.1, -0.05) is 0 Å². The van der Waals surface area contributed by atoms with Crippen LogP contribution in [0.25, 0.3) is 0 Å². The molecule has 2 amide bonds. The van der Waals surface area contributed by atoms with Gasteiger partial charge in [-0.3, -0.25) is 14.5 Å². The van der Waals surface area contributed by atoms with Gasteiger partial charge in [0.05, 0.1) is 6.54 Å². The number of likely N-dealkylation sites (tertiary alicyclic amines) is 1. The highest BCUT2D eigenvalue weighted by Gasteiger charge is 2.24. The van der Waals surface area contributed by atoms with E-state index in [9.17, 15) is 9.59 Å². The fourth-order valence-electron chi connectivity index (χ4n) is 3.09. The van der Waals surface area contributed by atoms with E-state index < -0.39 is 0 Å². The molecule has 0 spiro atoms. The molecule has 120 valence electrons. The quantitative estimate of drug-likeness (QED) is 0.749. The van der Waals surface area contributed by atoms with E-state index in [1.807, 2.05) is 0 Å². The molecule has 6 nitrogen and oxygen atoms in total. The Balaban J connectivity index is 1.69. The Bertz CT molecular complexity index is 356. The lowest BCUT2D eigenvalue weighted by molar-refractivity contribution is -0.128. The molecule has 2 heterocycles. The van der Waals surface area contributed by atoms with Gasteiger partial charge < -0.3 is 15.4 Å². The predicted octanol–water partition coefficient (Wildman–Crippen LogP) is -0.0128. The van der Waals surface area contributed by atoms with Gasteiger partial charge in [0.25, 0.3) is 0 Å². The number of rotatable bonds is 5. The number of hydrogen-bond acceptors (Lipinski definition) is 4. The van der Waals surface area contributed by atoms with Crippen LogP contribution in [0.15, 0.2) is 0 Å². The number of likely N-dealkylation sites (N-methyl/N-ethyl adjacent to an activating group) is 1. The third-order valence-corrected chi connectivity index (χ3v) is 4.41. The molecule has 0 radical (unpaired) electrons. The van der Waals surface area contributed by atoms with Crippen LogP contribution >= 0.6 is 0 Å². The topological polar surface area (TPSA) is 70.7 Å². The molecule has 1 atom stereocenters. The van der Waals surface area contributed by atoms with E-state index in [1.165, 1.54) is 0 Å². The van der Waals surface area contributed by atoms with Crippen LogP contribution in [-0.2, 0) is 14.3 Å². The molecule has 2 N–H and O–H groups in total. The maximum absolute atomic E-state index is 12.1. The summed E-state index contributed by atoms with van der Waals surface area (Å²) in [5.41, 5.74) is 0. The van der Waals surface area contributed by atoms with Crippen molar-refractivity contribution in [2.24, 2.45) is 11.8 Å². The summed E-state index contributed by atoms with van der Waals surface area (Å²) in [7, 11) is 1.66. The number of nitrogens with zero attached hydrogens (tertiary/aromatic N) is 1. The summed E-state index contributed by atoms with van der Waals surface area (Å²) in [6, 6.07) is 0. The molecule has 2 saturated heterocycles. The molecular formula is C15H27N3O3. The summed E-state index contributed by atoms with van der Waals surface area (Å²) in [5, 5.41) is 5.75. The Hall–Kier alpha value is -1.14. The zero-order valence-electron chi connectivity index (χ0n) is 12.9. The SMILES string of the molecule is CNC(=O)CN1CCCC(CNC(=O)C2CCOCC2)C1. The van der Waals surface area contributed by atoms with Crippen molar-refractivity contribution in [3.8, 4) is 0 Å². The van der Waals surface area contributed by atoms with Crippen molar-refractivity contribution in [3.63, 3.8) is 0 Å².